The van der Waals surface area contributed by atoms with Gasteiger partial charge in [0.05, 0.1) is 11.5 Å². The van der Waals surface area contributed by atoms with Gasteiger partial charge in [-0.1, -0.05) is 0 Å². The average Bonchev–Trinajstić information content (AvgIpc) is 2.02. The summed E-state index contributed by atoms with van der Waals surface area (Å²) < 4.78 is 0. The van der Waals surface area contributed by atoms with Gasteiger partial charge in [-0.3, -0.25) is 9.59 Å². The van der Waals surface area contributed by atoms with Gasteiger partial charge in [0.25, 0.3) is 0 Å². The van der Waals surface area contributed by atoms with Crippen LogP contribution in [0.4, 0.5) is 0 Å². The summed E-state index contributed by atoms with van der Waals surface area (Å²) in [6.07, 6.45) is 0.307. The van der Waals surface area contributed by atoms with Gasteiger partial charge in [-0.05, 0) is 6.42 Å². The van der Waals surface area contributed by atoms with Crippen molar-refractivity contribution < 1.29 is 14.7 Å². The third-order valence-electron chi connectivity index (χ3n) is 2.49. The minimum Gasteiger partial charge on any atom is -0.481 e. The molecule has 0 saturated carbocycles. The number of aliphatic carboxylic acids is 1. The molecule has 1 aliphatic heterocycles. The Morgan fingerprint density at radius 1 is 1.57 bits per heavy atom. The summed E-state index contributed by atoms with van der Waals surface area (Å²) in [5.74, 6) is -0.966. The van der Waals surface area contributed by atoms with Crippen molar-refractivity contribution in [2.75, 3.05) is 13.1 Å². The predicted molar refractivity (Wildman–Crippen MR) is 47.2 cm³/mol. The molecule has 1 heterocycles. The van der Waals surface area contributed by atoms with Crippen LogP contribution in [0.2, 0.25) is 0 Å². The third-order valence-corrected chi connectivity index (χ3v) is 2.49. The number of rotatable bonds is 3. The number of carbonyl (C=O) groups excluding carboxylic acids is 1. The second-order valence-electron chi connectivity index (χ2n) is 3.66. The van der Waals surface area contributed by atoms with E-state index in [1.807, 2.05) is 0 Å². The number of amides is 1. The Morgan fingerprint density at radius 2 is 2.14 bits per heavy atom. The lowest BCUT2D eigenvalue weighted by Crippen LogP contribution is -2.57. The largest absolute Gasteiger partial charge is 0.481 e. The SMILES string of the molecule is CC(=O)N1CC(C#N)(CCC(=O)O)C1. The highest BCUT2D eigenvalue weighted by molar-refractivity contribution is 5.74. The van der Waals surface area contributed by atoms with Crippen molar-refractivity contribution in [2.24, 2.45) is 5.41 Å². The van der Waals surface area contributed by atoms with E-state index in [-0.39, 0.29) is 12.3 Å². The van der Waals surface area contributed by atoms with E-state index in [4.69, 9.17) is 10.4 Å². The molecule has 0 spiro atoms. The van der Waals surface area contributed by atoms with Gasteiger partial charge < -0.3 is 10.0 Å². The van der Waals surface area contributed by atoms with E-state index in [9.17, 15) is 9.59 Å². The van der Waals surface area contributed by atoms with Crippen LogP contribution in [-0.4, -0.2) is 35.0 Å². The van der Waals surface area contributed by atoms with Crippen LogP contribution in [0.3, 0.4) is 0 Å². The van der Waals surface area contributed by atoms with E-state index in [1.54, 1.807) is 4.90 Å². The molecule has 14 heavy (non-hydrogen) atoms. The standard InChI is InChI=1S/C9H12N2O3/c1-7(12)11-5-9(4-10,6-11)3-2-8(13)14/h2-3,5-6H2,1H3,(H,13,14). The number of carbonyl (C=O) groups is 2. The highest BCUT2D eigenvalue weighted by Gasteiger charge is 2.44. The van der Waals surface area contributed by atoms with Gasteiger partial charge in [0.2, 0.25) is 5.91 Å². The maximum absolute atomic E-state index is 10.9. The molecule has 1 amide bonds. The monoisotopic (exact) mass is 196 g/mol. The Balaban J connectivity index is 2.46. The molecule has 0 radical (unpaired) electrons. The number of hydrogen-bond acceptors (Lipinski definition) is 3. The zero-order chi connectivity index (χ0) is 10.8. The number of nitriles is 1. The van der Waals surface area contributed by atoms with Crippen molar-refractivity contribution in [1.29, 1.82) is 5.26 Å². The minimum atomic E-state index is -0.902. The topological polar surface area (TPSA) is 81.4 Å². The zero-order valence-electron chi connectivity index (χ0n) is 7.99. The normalized spacial score (nSPS) is 18.1. The summed E-state index contributed by atoms with van der Waals surface area (Å²) in [7, 11) is 0. The summed E-state index contributed by atoms with van der Waals surface area (Å²) in [4.78, 5) is 22.7. The van der Waals surface area contributed by atoms with Gasteiger partial charge in [-0.25, -0.2) is 0 Å². The van der Waals surface area contributed by atoms with E-state index in [2.05, 4.69) is 6.07 Å². The molecule has 76 valence electrons. The lowest BCUT2D eigenvalue weighted by atomic mass is 9.77. The van der Waals surface area contributed by atoms with Crippen molar-refractivity contribution in [2.45, 2.75) is 19.8 Å². The molecule has 1 N–H and O–H groups in total. The first kappa shape index (κ1) is 10.5. The predicted octanol–water partition coefficient (Wildman–Crippen LogP) is 0.223. The van der Waals surface area contributed by atoms with Crippen LogP contribution in [-0.2, 0) is 9.59 Å². The van der Waals surface area contributed by atoms with Crippen LogP contribution in [0.25, 0.3) is 0 Å². The molecule has 0 aromatic carbocycles. The summed E-state index contributed by atoms with van der Waals surface area (Å²) in [6, 6.07) is 2.10. The Labute approximate surface area is 81.9 Å². The second kappa shape index (κ2) is 3.66. The number of likely N-dealkylation sites (tertiary alicyclic amines) is 1. The molecule has 0 aromatic heterocycles. The first-order chi connectivity index (χ1) is 6.49. The molecule has 0 bridgehead atoms. The van der Waals surface area contributed by atoms with Crippen LogP contribution in [0.1, 0.15) is 19.8 Å². The van der Waals surface area contributed by atoms with Crippen molar-refractivity contribution in [3.63, 3.8) is 0 Å². The molecule has 0 atom stereocenters. The molecular weight excluding hydrogens is 184 g/mol. The van der Waals surface area contributed by atoms with E-state index >= 15 is 0 Å². The molecule has 5 heteroatoms. The number of carboxylic acid groups (broad SMARTS) is 1. The van der Waals surface area contributed by atoms with Gasteiger partial charge in [-0.2, -0.15) is 5.26 Å². The van der Waals surface area contributed by atoms with Crippen LogP contribution in [0.15, 0.2) is 0 Å². The first-order valence-electron chi connectivity index (χ1n) is 4.38. The lowest BCUT2D eigenvalue weighted by Gasteiger charge is -2.45. The molecule has 1 aliphatic rings. The maximum atomic E-state index is 10.9. The summed E-state index contributed by atoms with van der Waals surface area (Å²) in [6.45, 7) is 2.18. The van der Waals surface area contributed by atoms with E-state index in [1.165, 1.54) is 6.92 Å². The zero-order valence-corrected chi connectivity index (χ0v) is 7.99. The molecule has 0 aromatic rings. The maximum Gasteiger partial charge on any atom is 0.303 e. The minimum absolute atomic E-state index is 0.0146. The van der Waals surface area contributed by atoms with E-state index < -0.39 is 11.4 Å². The smallest absolute Gasteiger partial charge is 0.303 e. The number of carboxylic acids is 1. The third kappa shape index (κ3) is 2.02. The average molecular weight is 196 g/mol. The molecule has 0 aliphatic carbocycles. The fourth-order valence-corrected chi connectivity index (χ4v) is 1.54. The Hall–Kier alpha value is -1.57. The highest BCUT2D eigenvalue weighted by Crippen LogP contribution is 2.34. The van der Waals surface area contributed by atoms with E-state index in [0.29, 0.717) is 19.5 Å². The van der Waals surface area contributed by atoms with Crippen molar-refractivity contribution in [3.05, 3.63) is 0 Å². The van der Waals surface area contributed by atoms with Crippen LogP contribution < -0.4 is 0 Å². The number of hydrogen-bond donors (Lipinski definition) is 1. The van der Waals surface area contributed by atoms with Crippen molar-refractivity contribution in [1.82, 2.24) is 4.90 Å². The lowest BCUT2D eigenvalue weighted by molar-refractivity contribution is -0.140. The molecule has 1 rings (SSSR count). The van der Waals surface area contributed by atoms with E-state index in [0.717, 1.165) is 0 Å². The molecule has 5 nitrogen and oxygen atoms in total. The van der Waals surface area contributed by atoms with Crippen LogP contribution in [0, 0.1) is 16.7 Å². The van der Waals surface area contributed by atoms with Crippen LogP contribution >= 0.6 is 0 Å². The molecule has 1 saturated heterocycles. The van der Waals surface area contributed by atoms with Gasteiger partial charge >= 0.3 is 5.97 Å². The van der Waals surface area contributed by atoms with Gasteiger partial charge in [0.15, 0.2) is 0 Å². The quantitative estimate of drug-likeness (QED) is 0.700. The Morgan fingerprint density at radius 3 is 2.50 bits per heavy atom. The highest BCUT2D eigenvalue weighted by atomic mass is 16.4. The fraction of sp³-hybridized carbons (Fsp3) is 0.667. The number of nitrogens with zero attached hydrogens (tertiary/aromatic N) is 2. The van der Waals surface area contributed by atoms with Crippen LogP contribution in [0.5, 0.6) is 0 Å². The Bertz CT molecular complexity index is 294. The Kier molecular flexibility index (Phi) is 2.75. The molecular formula is C9H12N2O3. The van der Waals surface area contributed by atoms with Gasteiger partial charge in [0.1, 0.15) is 0 Å². The summed E-state index contributed by atoms with van der Waals surface area (Å²) in [5, 5.41) is 17.3. The van der Waals surface area contributed by atoms with Gasteiger partial charge in [-0.15, -0.1) is 0 Å². The first-order valence-corrected chi connectivity index (χ1v) is 4.38. The summed E-state index contributed by atoms with van der Waals surface area (Å²) >= 11 is 0. The van der Waals surface area contributed by atoms with Gasteiger partial charge in [0, 0.05) is 26.4 Å². The molecule has 0 unspecified atom stereocenters. The van der Waals surface area contributed by atoms with Crippen molar-refractivity contribution >= 4 is 11.9 Å². The second-order valence-corrected chi connectivity index (χ2v) is 3.66. The summed E-state index contributed by atoms with van der Waals surface area (Å²) in [5.41, 5.74) is -0.621. The fourth-order valence-electron chi connectivity index (χ4n) is 1.54. The van der Waals surface area contributed by atoms with Crippen molar-refractivity contribution in [3.8, 4) is 6.07 Å². The molecule has 1 fully saturated rings.